The van der Waals surface area contributed by atoms with Crippen molar-refractivity contribution in [1.82, 2.24) is 4.98 Å². The van der Waals surface area contributed by atoms with Gasteiger partial charge in [0, 0.05) is 23.5 Å². The molecular weight excluding hydrogens is 431 g/mol. The zero-order valence-corrected chi connectivity index (χ0v) is 16.5. The van der Waals surface area contributed by atoms with E-state index in [1.807, 2.05) is 0 Å². The van der Waals surface area contributed by atoms with E-state index >= 15 is 0 Å². The van der Waals surface area contributed by atoms with Gasteiger partial charge in [-0.2, -0.15) is 13.2 Å². The van der Waals surface area contributed by atoms with E-state index in [1.54, 1.807) is 24.3 Å². The van der Waals surface area contributed by atoms with Crippen molar-refractivity contribution < 1.29 is 22.8 Å². The van der Waals surface area contributed by atoms with Gasteiger partial charge in [-0.05, 0) is 54.1 Å². The standard InChI is InChI=1S/C22H15ClF3N3O2/c23-17-8-9-19(27-13-17)29-20(30)10-7-14-3-1-4-15(11-14)21(31)28-18-6-2-5-16(12-18)22(24,25)26/h1-13H,(H,28,31)(H,27,29,30)/b10-7+. The summed E-state index contributed by atoms with van der Waals surface area (Å²) >= 11 is 5.74. The van der Waals surface area contributed by atoms with Crippen LogP contribution in [0.2, 0.25) is 5.02 Å². The molecule has 0 saturated carbocycles. The first-order chi connectivity index (χ1) is 14.7. The Hall–Kier alpha value is -3.65. The highest BCUT2D eigenvalue weighted by Crippen LogP contribution is 2.30. The fourth-order valence-electron chi connectivity index (χ4n) is 2.55. The summed E-state index contributed by atoms with van der Waals surface area (Å²) in [6, 6.07) is 13.8. The van der Waals surface area contributed by atoms with Gasteiger partial charge in [-0.3, -0.25) is 9.59 Å². The number of nitrogens with one attached hydrogen (secondary N) is 2. The summed E-state index contributed by atoms with van der Waals surface area (Å²) in [6.07, 6.45) is -0.354. The van der Waals surface area contributed by atoms with Crippen LogP contribution in [0.3, 0.4) is 0 Å². The van der Waals surface area contributed by atoms with E-state index < -0.39 is 23.6 Å². The van der Waals surface area contributed by atoms with Crippen molar-refractivity contribution in [3.05, 3.63) is 94.6 Å². The van der Waals surface area contributed by atoms with Crippen LogP contribution in [0.4, 0.5) is 24.7 Å². The topological polar surface area (TPSA) is 71.1 Å². The van der Waals surface area contributed by atoms with Crippen molar-refractivity contribution in [3.63, 3.8) is 0 Å². The first-order valence-electron chi connectivity index (χ1n) is 8.90. The zero-order valence-electron chi connectivity index (χ0n) is 15.8. The largest absolute Gasteiger partial charge is 0.416 e. The second-order valence-electron chi connectivity index (χ2n) is 6.34. The minimum absolute atomic E-state index is 0.0237. The van der Waals surface area contributed by atoms with E-state index in [0.29, 0.717) is 16.4 Å². The van der Waals surface area contributed by atoms with E-state index in [1.165, 1.54) is 42.6 Å². The minimum Gasteiger partial charge on any atom is -0.322 e. The van der Waals surface area contributed by atoms with Crippen LogP contribution in [0.1, 0.15) is 21.5 Å². The highest BCUT2D eigenvalue weighted by molar-refractivity contribution is 6.30. The summed E-state index contributed by atoms with van der Waals surface area (Å²) < 4.78 is 38.5. The van der Waals surface area contributed by atoms with Crippen molar-refractivity contribution in [2.24, 2.45) is 0 Å². The molecule has 0 bridgehead atoms. The molecule has 31 heavy (non-hydrogen) atoms. The molecule has 0 aliphatic heterocycles. The molecule has 0 spiro atoms. The molecule has 0 atom stereocenters. The molecule has 158 valence electrons. The first-order valence-corrected chi connectivity index (χ1v) is 9.28. The van der Waals surface area contributed by atoms with Gasteiger partial charge in [0.05, 0.1) is 10.6 Å². The molecule has 5 nitrogen and oxygen atoms in total. The molecule has 0 aliphatic rings. The van der Waals surface area contributed by atoms with Crippen molar-refractivity contribution in [2.45, 2.75) is 6.18 Å². The molecule has 0 unspecified atom stereocenters. The summed E-state index contributed by atoms with van der Waals surface area (Å²) in [5.74, 6) is -0.689. The Morgan fingerprint density at radius 2 is 1.74 bits per heavy atom. The fraction of sp³-hybridized carbons (Fsp3) is 0.0455. The Bertz CT molecular complexity index is 1130. The molecular formula is C22H15ClF3N3O2. The number of aromatic nitrogens is 1. The Labute approximate surface area is 180 Å². The maximum Gasteiger partial charge on any atom is 0.416 e. The van der Waals surface area contributed by atoms with Crippen LogP contribution in [0.25, 0.3) is 6.08 Å². The van der Waals surface area contributed by atoms with Crippen LogP contribution in [0.5, 0.6) is 0 Å². The monoisotopic (exact) mass is 445 g/mol. The quantitative estimate of drug-likeness (QED) is 0.498. The number of hydrogen-bond donors (Lipinski definition) is 2. The highest BCUT2D eigenvalue weighted by atomic mass is 35.5. The number of amides is 2. The smallest absolute Gasteiger partial charge is 0.322 e. The lowest BCUT2D eigenvalue weighted by Gasteiger charge is -2.10. The van der Waals surface area contributed by atoms with Crippen LogP contribution >= 0.6 is 11.6 Å². The van der Waals surface area contributed by atoms with Crippen LogP contribution in [0, 0.1) is 0 Å². The number of halogens is 4. The number of anilines is 2. The SMILES string of the molecule is O=C(/C=C/c1cccc(C(=O)Nc2cccc(C(F)(F)F)c2)c1)Nc1ccc(Cl)cn1. The lowest BCUT2D eigenvalue weighted by Crippen LogP contribution is -2.13. The lowest BCUT2D eigenvalue weighted by molar-refractivity contribution is -0.137. The molecule has 0 aliphatic carbocycles. The lowest BCUT2D eigenvalue weighted by atomic mass is 10.1. The van der Waals surface area contributed by atoms with Crippen molar-refractivity contribution >= 4 is 41.0 Å². The third-order valence-corrected chi connectivity index (χ3v) is 4.23. The predicted octanol–water partition coefficient (Wildman–Crippen LogP) is 5.66. The Morgan fingerprint density at radius 1 is 0.968 bits per heavy atom. The molecule has 0 radical (unpaired) electrons. The normalized spacial score (nSPS) is 11.4. The average Bonchev–Trinajstić information content (AvgIpc) is 2.74. The Balaban J connectivity index is 1.66. The van der Waals surface area contributed by atoms with Crippen LogP contribution < -0.4 is 10.6 Å². The van der Waals surface area contributed by atoms with Gasteiger partial charge in [-0.25, -0.2) is 4.98 Å². The number of carbonyl (C=O) groups is 2. The minimum atomic E-state index is -4.51. The third kappa shape index (κ3) is 6.42. The van der Waals surface area contributed by atoms with Gasteiger partial charge in [-0.15, -0.1) is 0 Å². The van der Waals surface area contributed by atoms with Crippen LogP contribution in [-0.2, 0) is 11.0 Å². The average molecular weight is 446 g/mol. The van der Waals surface area contributed by atoms with E-state index in [0.717, 1.165) is 12.1 Å². The third-order valence-electron chi connectivity index (χ3n) is 4.00. The molecule has 9 heteroatoms. The van der Waals surface area contributed by atoms with Crippen molar-refractivity contribution in [2.75, 3.05) is 10.6 Å². The summed E-state index contributed by atoms with van der Waals surface area (Å²) in [6.45, 7) is 0. The molecule has 1 heterocycles. The fourth-order valence-corrected chi connectivity index (χ4v) is 2.66. The van der Waals surface area contributed by atoms with Gasteiger partial charge >= 0.3 is 6.18 Å². The molecule has 2 aromatic carbocycles. The van der Waals surface area contributed by atoms with Crippen molar-refractivity contribution in [3.8, 4) is 0 Å². The Morgan fingerprint density at radius 3 is 2.45 bits per heavy atom. The first kappa shape index (κ1) is 22.0. The molecule has 1 aromatic heterocycles. The van der Waals surface area contributed by atoms with Crippen LogP contribution in [-0.4, -0.2) is 16.8 Å². The number of carbonyl (C=O) groups excluding carboxylic acids is 2. The van der Waals surface area contributed by atoms with Gasteiger partial charge in [0.1, 0.15) is 5.82 Å². The predicted molar refractivity (Wildman–Crippen MR) is 113 cm³/mol. The van der Waals surface area contributed by atoms with Crippen LogP contribution in [0.15, 0.2) is 72.9 Å². The van der Waals surface area contributed by atoms with E-state index in [4.69, 9.17) is 11.6 Å². The van der Waals surface area contributed by atoms with E-state index in [9.17, 15) is 22.8 Å². The van der Waals surface area contributed by atoms with Gasteiger partial charge in [-0.1, -0.05) is 29.8 Å². The summed E-state index contributed by atoms with van der Waals surface area (Å²) in [7, 11) is 0. The second kappa shape index (κ2) is 9.44. The molecule has 0 saturated heterocycles. The molecule has 0 fully saturated rings. The number of pyridine rings is 1. The summed E-state index contributed by atoms with van der Waals surface area (Å²) in [5, 5.41) is 5.44. The number of nitrogens with zero attached hydrogens (tertiary/aromatic N) is 1. The summed E-state index contributed by atoms with van der Waals surface area (Å²) in [4.78, 5) is 28.4. The molecule has 2 N–H and O–H groups in total. The van der Waals surface area contributed by atoms with Gasteiger partial charge in [0.2, 0.25) is 5.91 Å². The van der Waals surface area contributed by atoms with Gasteiger partial charge in [0.15, 0.2) is 0 Å². The van der Waals surface area contributed by atoms with Gasteiger partial charge in [0.25, 0.3) is 5.91 Å². The molecule has 3 rings (SSSR count). The van der Waals surface area contributed by atoms with E-state index in [2.05, 4.69) is 15.6 Å². The molecule has 3 aromatic rings. The number of alkyl halides is 3. The zero-order chi connectivity index (χ0) is 22.4. The second-order valence-corrected chi connectivity index (χ2v) is 6.78. The summed E-state index contributed by atoms with van der Waals surface area (Å²) in [5.41, 5.74) is -0.0611. The van der Waals surface area contributed by atoms with Crippen molar-refractivity contribution in [1.29, 1.82) is 0 Å². The maximum absolute atomic E-state index is 12.8. The maximum atomic E-state index is 12.8. The number of benzene rings is 2. The van der Waals surface area contributed by atoms with E-state index in [-0.39, 0.29) is 11.3 Å². The number of rotatable bonds is 5. The Kier molecular flexibility index (Phi) is 6.71. The highest BCUT2D eigenvalue weighted by Gasteiger charge is 2.30. The van der Waals surface area contributed by atoms with Gasteiger partial charge < -0.3 is 10.6 Å². The number of hydrogen-bond acceptors (Lipinski definition) is 3. The molecule has 2 amide bonds.